The lowest BCUT2D eigenvalue weighted by Gasteiger charge is -2.20. The molecule has 0 bridgehead atoms. The van der Waals surface area contributed by atoms with Crippen molar-refractivity contribution >= 4 is 7.60 Å². The van der Waals surface area contributed by atoms with Gasteiger partial charge in [0.1, 0.15) is 0 Å². The highest BCUT2D eigenvalue weighted by atomic mass is 31.2. The largest absolute Gasteiger partial charge is 0.385 e. The van der Waals surface area contributed by atoms with Crippen molar-refractivity contribution in [1.82, 2.24) is 0 Å². The summed E-state index contributed by atoms with van der Waals surface area (Å²) in [6.45, 7) is 8.10. The molecular formula is C16H35O4P. The Balaban J connectivity index is 4.11. The molecular weight excluding hydrogens is 287 g/mol. The molecule has 0 fully saturated rings. The first-order valence-corrected chi connectivity index (χ1v) is 10.2. The third-order valence-corrected chi connectivity index (χ3v) is 5.42. The molecule has 0 heterocycles. The monoisotopic (exact) mass is 322 g/mol. The second kappa shape index (κ2) is 13.8. The van der Waals surface area contributed by atoms with Crippen LogP contribution in [0, 0.1) is 5.92 Å². The van der Waals surface area contributed by atoms with Crippen LogP contribution in [0.5, 0.6) is 0 Å². The zero-order valence-electron chi connectivity index (χ0n) is 14.4. The van der Waals surface area contributed by atoms with E-state index in [2.05, 4.69) is 20.8 Å². The Hall–Kier alpha value is 0.110. The van der Waals surface area contributed by atoms with E-state index < -0.39 is 7.60 Å². The van der Waals surface area contributed by atoms with Crippen LogP contribution in [0.1, 0.15) is 65.7 Å². The summed E-state index contributed by atoms with van der Waals surface area (Å²) < 4.78 is 29.1. The molecule has 0 aliphatic carbocycles. The molecule has 0 saturated carbocycles. The fourth-order valence-corrected chi connectivity index (χ4v) is 3.82. The van der Waals surface area contributed by atoms with E-state index in [1.807, 2.05) is 0 Å². The summed E-state index contributed by atoms with van der Waals surface area (Å²) >= 11 is 0. The van der Waals surface area contributed by atoms with Crippen molar-refractivity contribution in [3.8, 4) is 0 Å². The molecule has 4 nitrogen and oxygen atoms in total. The van der Waals surface area contributed by atoms with Crippen LogP contribution in [-0.2, 0) is 18.3 Å². The van der Waals surface area contributed by atoms with Crippen molar-refractivity contribution in [3.63, 3.8) is 0 Å². The third-order valence-electron chi connectivity index (χ3n) is 3.44. The fraction of sp³-hybridized carbons (Fsp3) is 1.00. The molecule has 0 aromatic rings. The molecule has 0 aliphatic rings. The SMILES string of the molecule is CCCCCCOP(=O)(CCCC)OCC(C)CCOC. The number of methoxy groups -OCH3 is 1. The van der Waals surface area contributed by atoms with Gasteiger partial charge in [-0.1, -0.05) is 46.5 Å². The predicted molar refractivity (Wildman–Crippen MR) is 89.1 cm³/mol. The Morgan fingerprint density at radius 1 is 0.952 bits per heavy atom. The van der Waals surface area contributed by atoms with Gasteiger partial charge in [-0.3, -0.25) is 4.57 Å². The Labute approximate surface area is 131 Å². The van der Waals surface area contributed by atoms with Gasteiger partial charge in [0, 0.05) is 13.7 Å². The van der Waals surface area contributed by atoms with Crippen molar-refractivity contribution in [1.29, 1.82) is 0 Å². The van der Waals surface area contributed by atoms with Crippen LogP contribution >= 0.6 is 7.60 Å². The van der Waals surface area contributed by atoms with Crippen LogP contribution in [0.15, 0.2) is 0 Å². The molecule has 0 radical (unpaired) electrons. The number of hydrogen-bond donors (Lipinski definition) is 0. The Morgan fingerprint density at radius 3 is 2.29 bits per heavy atom. The molecule has 0 amide bonds. The van der Waals surface area contributed by atoms with E-state index in [9.17, 15) is 4.57 Å². The van der Waals surface area contributed by atoms with Crippen LogP contribution in [0.3, 0.4) is 0 Å². The minimum Gasteiger partial charge on any atom is -0.385 e. The molecule has 2 unspecified atom stereocenters. The molecule has 0 aliphatic heterocycles. The number of rotatable bonds is 15. The van der Waals surface area contributed by atoms with Crippen molar-refractivity contribution in [3.05, 3.63) is 0 Å². The van der Waals surface area contributed by atoms with Gasteiger partial charge in [-0.15, -0.1) is 0 Å². The predicted octanol–water partition coefficient (Wildman–Crippen LogP) is 5.27. The standard InChI is InChI=1S/C16H35O4P/c1-5-7-9-10-12-19-21(17,14-8-6-2)20-15-16(3)11-13-18-4/h16H,5-15H2,1-4H3. The molecule has 0 saturated heterocycles. The summed E-state index contributed by atoms with van der Waals surface area (Å²) in [6.07, 6.45) is 7.85. The lowest BCUT2D eigenvalue weighted by atomic mass is 10.1. The van der Waals surface area contributed by atoms with Gasteiger partial charge < -0.3 is 13.8 Å². The van der Waals surface area contributed by atoms with E-state index >= 15 is 0 Å². The van der Waals surface area contributed by atoms with Crippen LogP contribution in [0.4, 0.5) is 0 Å². The maximum atomic E-state index is 12.7. The summed E-state index contributed by atoms with van der Waals surface area (Å²) in [4.78, 5) is 0. The van der Waals surface area contributed by atoms with Crippen molar-refractivity contribution < 1.29 is 18.3 Å². The topological polar surface area (TPSA) is 44.8 Å². The van der Waals surface area contributed by atoms with Crippen molar-refractivity contribution in [2.24, 2.45) is 5.92 Å². The van der Waals surface area contributed by atoms with Crippen LogP contribution < -0.4 is 0 Å². The summed E-state index contributed by atoms with van der Waals surface area (Å²) in [5.41, 5.74) is 0. The van der Waals surface area contributed by atoms with Crippen LogP contribution in [-0.4, -0.2) is 33.1 Å². The first-order chi connectivity index (χ1) is 10.1. The highest BCUT2D eigenvalue weighted by Gasteiger charge is 2.24. The first kappa shape index (κ1) is 21.1. The van der Waals surface area contributed by atoms with E-state index in [0.29, 0.717) is 31.9 Å². The zero-order chi connectivity index (χ0) is 16.0. The fourth-order valence-electron chi connectivity index (χ4n) is 1.89. The van der Waals surface area contributed by atoms with Crippen LogP contribution in [0.25, 0.3) is 0 Å². The number of hydrogen-bond acceptors (Lipinski definition) is 4. The van der Waals surface area contributed by atoms with Crippen LogP contribution in [0.2, 0.25) is 0 Å². The van der Waals surface area contributed by atoms with Crippen molar-refractivity contribution in [2.75, 3.05) is 33.1 Å². The minimum absolute atomic E-state index is 0.337. The minimum atomic E-state index is -2.91. The highest BCUT2D eigenvalue weighted by molar-refractivity contribution is 7.53. The molecule has 5 heteroatoms. The average molecular weight is 322 g/mol. The Morgan fingerprint density at radius 2 is 1.67 bits per heavy atom. The number of unbranched alkanes of at least 4 members (excludes halogenated alkanes) is 4. The van der Waals surface area contributed by atoms with Gasteiger partial charge in [0.2, 0.25) is 0 Å². The summed E-state index contributed by atoms with van der Waals surface area (Å²) in [5.74, 6) is 0.337. The maximum Gasteiger partial charge on any atom is 0.330 e. The molecule has 0 aromatic carbocycles. The van der Waals surface area contributed by atoms with Gasteiger partial charge in [-0.25, -0.2) is 0 Å². The molecule has 0 rings (SSSR count). The number of ether oxygens (including phenoxy) is 1. The average Bonchev–Trinajstić information content (AvgIpc) is 2.49. The van der Waals surface area contributed by atoms with E-state index in [1.54, 1.807) is 7.11 Å². The van der Waals surface area contributed by atoms with Gasteiger partial charge >= 0.3 is 7.60 Å². The molecule has 0 spiro atoms. The molecule has 2 atom stereocenters. The van der Waals surface area contributed by atoms with E-state index in [-0.39, 0.29) is 0 Å². The maximum absolute atomic E-state index is 12.7. The summed E-state index contributed by atoms with van der Waals surface area (Å²) in [6, 6.07) is 0. The summed E-state index contributed by atoms with van der Waals surface area (Å²) in [7, 11) is -1.22. The lowest BCUT2D eigenvalue weighted by Crippen LogP contribution is -2.10. The smallest absolute Gasteiger partial charge is 0.330 e. The quantitative estimate of drug-likeness (QED) is 0.304. The van der Waals surface area contributed by atoms with Gasteiger partial charge in [-0.2, -0.15) is 0 Å². The molecule has 0 N–H and O–H groups in total. The van der Waals surface area contributed by atoms with Gasteiger partial charge in [0.25, 0.3) is 0 Å². The van der Waals surface area contributed by atoms with E-state index in [1.165, 1.54) is 12.8 Å². The molecule has 128 valence electrons. The summed E-state index contributed by atoms with van der Waals surface area (Å²) in [5, 5.41) is 0. The second-order valence-corrected chi connectivity index (χ2v) is 7.95. The third kappa shape index (κ3) is 12.3. The molecule has 21 heavy (non-hydrogen) atoms. The normalized spacial score (nSPS) is 15.8. The Kier molecular flexibility index (Phi) is 13.8. The van der Waals surface area contributed by atoms with Gasteiger partial charge in [-0.05, 0) is 25.2 Å². The first-order valence-electron chi connectivity index (χ1n) is 8.45. The van der Waals surface area contributed by atoms with Gasteiger partial charge in [0.05, 0.1) is 19.4 Å². The van der Waals surface area contributed by atoms with E-state index in [0.717, 1.165) is 32.1 Å². The Bertz CT molecular complexity index is 271. The van der Waals surface area contributed by atoms with Gasteiger partial charge in [0.15, 0.2) is 0 Å². The highest BCUT2D eigenvalue weighted by Crippen LogP contribution is 2.49. The second-order valence-electron chi connectivity index (χ2n) is 5.76. The molecule has 0 aromatic heterocycles. The van der Waals surface area contributed by atoms with E-state index in [4.69, 9.17) is 13.8 Å². The lowest BCUT2D eigenvalue weighted by molar-refractivity contribution is 0.144. The zero-order valence-corrected chi connectivity index (χ0v) is 15.3. The van der Waals surface area contributed by atoms with Crippen molar-refractivity contribution in [2.45, 2.75) is 65.7 Å².